The molecule has 2 amide bonds. The zero-order chi connectivity index (χ0) is 17.8. The first kappa shape index (κ1) is 16.7. The van der Waals surface area contributed by atoms with Crippen LogP contribution in [0.2, 0.25) is 0 Å². The van der Waals surface area contributed by atoms with Gasteiger partial charge in [0.2, 0.25) is 6.79 Å². The molecule has 0 bridgehead atoms. The summed E-state index contributed by atoms with van der Waals surface area (Å²) in [6.45, 7) is 3.13. The van der Waals surface area contributed by atoms with E-state index in [1.165, 1.54) is 0 Å². The van der Waals surface area contributed by atoms with Gasteiger partial charge < -0.3 is 24.8 Å². The summed E-state index contributed by atoms with van der Waals surface area (Å²) in [7, 11) is 0. The van der Waals surface area contributed by atoms with Gasteiger partial charge >= 0.3 is 6.03 Å². The van der Waals surface area contributed by atoms with Crippen molar-refractivity contribution in [2.45, 2.75) is 25.9 Å². The van der Waals surface area contributed by atoms with Gasteiger partial charge in [-0.15, -0.1) is 0 Å². The molecule has 26 heavy (non-hydrogen) atoms. The largest absolute Gasteiger partial charge is 0.454 e. The zero-order valence-electron chi connectivity index (χ0n) is 14.4. The fourth-order valence-electron chi connectivity index (χ4n) is 3.13. The summed E-state index contributed by atoms with van der Waals surface area (Å²) in [4.78, 5) is 12.1. The van der Waals surface area contributed by atoms with Crippen molar-refractivity contribution >= 4 is 11.7 Å². The van der Waals surface area contributed by atoms with E-state index in [2.05, 4.69) is 15.7 Å². The number of anilines is 1. The van der Waals surface area contributed by atoms with Crippen LogP contribution in [0, 0.1) is 5.92 Å². The molecule has 8 nitrogen and oxygen atoms in total. The average Bonchev–Trinajstić information content (AvgIpc) is 3.29. The number of aromatic nitrogens is 2. The van der Waals surface area contributed by atoms with E-state index in [4.69, 9.17) is 14.2 Å². The van der Waals surface area contributed by atoms with Crippen molar-refractivity contribution in [1.82, 2.24) is 15.1 Å². The summed E-state index contributed by atoms with van der Waals surface area (Å²) in [6, 6.07) is 5.35. The quantitative estimate of drug-likeness (QED) is 0.857. The van der Waals surface area contributed by atoms with Gasteiger partial charge in [-0.3, -0.25) is 4.68 Å². The van der Waals surface area contributed by atoms with E-state index < -0.39 is 0 Å². The maximum absolute atomic E-state index is 12.1. The average molecular weight is 358 g/mol. The van der Waals surface area contributed by atoms with Crippen LogP contribution in [0.25, 0.3) is 0 Å². The molecule has 0 aliphatic carbocycles. The third-order valence-electron chi connectivity index (χ3n) is 4.57. The molecule has 0 spiro atoms. The van der Waals surface area contributed by atoms with Gasteiger partial charge in [0.15, 0.2) is 11.5 Å². The molecule has 0 radical (unpaired) electrons. The lowest BCUT2D eigenvalue weighted by molar-refractivity contribution is 0.0601. The lowest BCUT2D eigenvalue weighted by Gasteiger charge is -2.21. The van der Waals surface area contributed by atoms with Gasteiger partial charge in [-0.2, -0.15) is 5.10 Å². The molecule has 2 aromatic rings. The maximum Gasteiger partial charge on any atom is 0.319 e. The molecule has 2 aliphatic heterocycles. The van der Waals surface area contributed by atoms with Gasteiger partial charge in [-0.25, -0.2) is 4.79 Å². The van der Waals surface area contributed by atoms with Crippen LogP contribution in [0.4, 0.5) is 10.5 Å². The van der Waals surface area contributed by atoms with Crippen molar-refractivity contribution in [1.29, 1.82) is 0 Å². The Bertz CT molecular complexity index is 770. The molecule has 0 atom stereocenters. The molecule has 2 N–H and O–H groups in total. The molecule has 1 aromatic carbocycles. The third-order valence-corrected chi connectivity index (χ3v) is 4.57. The molecule has 1 fully saturated rings. The molecule has 1 aromatic heterocycles. The van der Waals surface area contributed by atoms with Gasteiger partial charge in [-0.05, 0) is 36.5 Å². The maximum atomic E-state index is 12.1. The van der Waals surface area contributed by atoms with Crippen LogP contribution in [-0.2, 0) is 17.8 Å². The van der Waals surface area contributed by atoms with Crippen LogP contribution in [0.1, 0.15) is 18.4 Å². The minimum Gasteiger partial charge on any atom is -0.454 e. The highest BCUT2D eigenvalue weighted by Gasteiger charge is 2.16. The molecule has 3 heterocycles. The Morgan fingerprint density at radius 2 is 2.08 bits per heavy atom. The lowest BCUT2D eigenvalue weighted by atomic mass is 10.0. The number of hydrogen-bond acceptors (Lipinski definition) is 5. The van der Waals surface area contributed by atoms with Crippen LogP contribution in [0.3, 0.4) is 0 Å². The number of amides is 2. The van der Waals surface area contributed by atoms with Crippen LogP contribution < -0.4 is 20.1 Å². The standard InChI is InChI=1S/C18H22N4O4/c23-18(19-8-14-1-2-16-17(7-14)26-12-25-16)21-15-9-20-22(11-15)10-13-3-5-24-6-4-13/h1-2,7,9,11,13H,3-6,8,10,12H2,(H2,19,21,23). The number of fused-ring (bicyclic) bond motifs is 1. The Morgan fingerprint density at radius 3 is 2.96 bits per heavy atom. The predicted octanol–water partition coefficient (Wildman–Crippen LogP) is 2.36. The Kier molecular flexibility index (Phi) is 4.92. The predicted molar refractivity (Wildman–Crippen MR) is 94.2 cm³/mol. The first-order valence-corrected chi connectivity index (χ1v) is 8.80. The second-order valence-electron chi connectivity index (χ2n) is 6.50. The minimum absolute atomic E-state index is 0.241. The second kappa shape index (κ2) is 7.65. The normalized spacial score (nSPS) is 16.5. The van der Waals surface area contributed by atoms with E-state index in [-0.39, 0.29) is 12.8 Å². The Hall–Kier alpha value is -2.74. The molecule has 138 valence electrons. The number of carbonyl (C=O) groups excluding carboxylic acids is 1. The minimum atomic E-state index is -0.270. The van der Waals surface area contributed by atoms with Crippen molar-refractivity contribution in [3.8, 4) is 11.5 Å². The van der Waals surface area contributed by atoms with Gasteiger partial charge in [0.1, 0.15) is 0 Å². The molecule has 4 rings (SSSR count). The summed E-state index contributed by atoms with van der Waals surface area (Å²) in [6.07, 6.45) is 5.63. The number of rotatable bonds is 5. The Morgan fingerprint density at radius 1 is 1.23 bits per heavy atom. The van der Waals surface area contributed by atoms with Crippen LogP contribution >= 0.6 is 0 Å². The van der Waals surface area contributed by atoms with Crippen molar-refractivity contribution in [3.05, 3.63) is 36.2 Å². The van der Waals surface area contributed by atoms with Crippen LogP contribution in [0.15, 0.2) is 30.6 Å². The first-order chi connectivity index (χ1) is 12.8. The number of ether oxygens (including phenoxy) is 3. The number of nitrogens with one attached hydrogen (secondary N) is 2. The number of nitrogens with zero attached hydrogens (tertiary/aromatic N) is 2. The van der Waals surface area contributed by atoms with Gasteiger partial charge in [-0.1, -0.05) is 6.07 Å². The van der Waals surface area contributed by atoms with Crippen molar-refractivity contribution in [2.75, 3.05) is 25.3 Å². The van der Waals surface area contributed by atoms with Crippen molar-refractivity contribution < 1.29 is 19.0 Å². The monoisotopic (exact) mass is 358 g/mol. The number of urea groups is 1. The Labute approximate surface area is 151 Å². The molecule has 8 heteroatoms. The van der Waals surface area contributed by atoms with Gasteiger partial charge in [0.05, 0.1) is 11.9 Å². The van der Waals surface area contributed by atoms with Crippen LogP contribution in [0.5, 0.6) is 11.5 Å². The highest BCUT2D eigenvalue weighted by molar-refractivity contribution is 5.88. The van der Waals surface area contributed by atoms with Crippen molar-refractivity contribution in [3.63, 3.8) is 0 Å². The van der Waals surface area contributed by atoms with E-state index in [9.17, 15) is 4.79 Å². The fraction of sp³-hybridized carbons (Fsp3) is 0.444. The van der Waals surface area contributed by atoms with Crippen molar-refractivity contribution in [2.24, 2.45) is 5.92 Å². The summed E-state index contributed by atoms with van der Waals surface area (Å²) >= 11 is 0. The number of hydrogen-bond donors (Lipinski definition) is 2. The third kappa shape index (κ3) is 4.08. The van der Waals surface area contributed by atoms with Crippen LogP contribution in [-0.4, -0.2) is 35.8 Å². The lowest BCUT2D eigenvalue weighted by Crippen LogP contribution is -2.28. The second-order valence-corrected chi connectivity index (χ2v) is 6.50. The highest BCUT2D eigenvalue weighted by atomic mass is 16.7. The summed E-state index contributed by atoms with van der Waals surface area (Å²) in [5, 5.41) is 9.96. The number of benzene rings is 1. The van der Waals surface area contributed by atoms with E-state index in [0.29, 0.717) is 23.9 Å². The van der Waals surface area contributed by atoms with E-state index in [1.807, 2.05) is 29.1 Å². The fourth-order valence-corrected chi connectivity index (χ4v) is 3.13. The van der Waals surface area contributed by atoms with Gasteiger partial charge in [0.25, 0.3) is 0 Å². The summed E-state index contributed by atoms with van der Waals surface area (Å²) < 4.78 is 17.9. The molecule has 0 saturated carbocycles. The topological polar surface area (TPSA) is 86.6 Å². The molecule has 0 unspecified atom stereocenters. The zero-order valence-corrected chi connectivity index (χ0v) is 14.4. The van der Waals surface area contributed by atoms with E-state index in [0.717, 1.165) is 43.9 Å². The van der Waals surface area contributed by atoms with E-state index >= 15 is 0 Å². The first-order valence-electron chi connectivity index (χ1n) is 8.80. The SMILES string of the molecule is O=C(NCc1ccc2c(c1)OCO2)Nc1cnn(CC2CCOCC2)c1. The molecule has 2 aliphatic rings. The summed E-state index contributed by atoms with van der Waals surface area (Å²) in [5.74, 6) is 2.02. The highest BCUT2D eigenvalue weighted by Crippen LogP contribution is 2.32. The summed E-state index contributed by atoms with van der Waals surface area (Å²) in [5.41, 5.74) is 1.62. The smallest absolute Gasteiger partial charge is 0.319 e. The molecular formula is C18H22N4O4. The van der Waals surface area contributed by atoms with E-state index in [1.54, 1.807) is 6.20 Å². The van der Waals surface area contributed by atoms with Gasteiger partial charge in [0, 0.05) is 32.5 Å². The molecule has 1 saturated heterocycles. The Balaban J connectivity index is 1.25. The molecular weight excluding hydrogens is 336 g/mol. The number of carbonyl (C=O) groups is 1.